The smallest absolute Gasteiger partial charge is 0.115 e. The molecule has 66 valence electrons. The molecule has 5 heteroatoms. The van der Waals surface area contributed by atoms with Crippen molar-refractivity contribution in [1.82, 2.24) is 15.0 Å². The maximum Gasteiger partial charge on any atom is 0.115 e. The maximum atomic E-state index is 4.18. The van der Waals surface area contributed by atoms with Gasteiger partial charge in [0.05, 0.1) is 17.4 Å². The third-order valence-corrected chi connectivity index (χ3v) is 2.97. The van der Waals surface area contributed by atoms with E-state index < -0.39 is 0 Å². The van der Waals surface area contributed by atoms with Crippen LogP contribution in [0.1, 0.15) is 5.69 Å². The van der Waals surface area contributed by atoms with Gasteiger partial charge in [-0.3, -0.25) is 4.98 Å². The van der Waals surface area contributed by atoms with Gasteiger partial charge in [-0.15, -0.1) is 11.3 Å². The van der Waals surface area contributed by atoms with Gasteiger partial charge >= 0.3 is 0 Å². The molecule has 0 fully saturated rings. The molecule has 0 bridgehead atoms. The summed E-state index contributed by atoms with van der Waals surface area (Å²) in [4.78, 5) is 12.3. The molecule has 0 atom stereocenters. The van der Waals surface area contributed by atoms with Crippen LogP contribution in [0.5, 0.6) is 0 Å². The molecule has 3 nitrogen and oxygen atoms in total. The number of rotatable bonds is 3. The van der Waals surface area contributed by atoms with Gasteiger partial charge in [-0.05, 0) is 0 Å². The lowest BCUT2D eigenvalue weighted by Crippen LogP contribution is -1.83. The summed E-state index contributed by atoms with van der Waals surface area (Å²) in [5.41, 5.74) is 2.94. The van der Waals surface area contributed by atoms with E-state index in [4.69, 9.17) is 0 Å². The first-order valence-electron chi connectivity index (χ1n) is 3.71. The third kappa shape index (κ3) is 2.50. The lowest BCUT2D eigenvalue weighted by Gasteiger charge is -1.95. The highest BCUT2D eigenvalue weighted by atomic mass is 32.2. The van der Waals surface area contributed by atoms with Crippen LogP contribution in [-0.2, 0) is 5.75 Å². The second-order valence-electron chi connectivity index (χ2n) is 2.31. The largest absolute Gasteiger partial charge is 0.260 e. The number of thioether (sulfide) groups is 1. The summed E-state index contributed by atoms with van der Waals surface area (Å²) in [6, 6.07) is 0. The molecule has 0 saturated carbocycles. The Morgan fingerprint density at radius 1 is 1.31 bits per heavy atom. The van der Waals surface area contributed by atoms with E-state index in [-0.39, 0.29) is 0 Å². The minimum absolute atomic E-state index is 0.863. The van der Waals surface area contributed by atoms with Crippen molar-refractivity contribution < 1.29 is 0 Å². The molecule has 0 aliphatic carbocycles. The molecular formula is C8H7N3S2. The topological polar surface area (TPSA) is 38.7 Å². The van der Waals surface area contributed by atoms with E-state index in [0.29, 0.717) is 0 Å². The van der Waals surface area contributed by atoms with E-state index in [9.17, 15) is 0 Å². The van der Waals surface area contributed by atoms with Gasteiger partial charge in [-0.2, -0.15) is 0 Å². The van der Waals surface area contributed by atoms with Gasteiger partial charge < -0.3 is 0 Å². The summed E-state index contributed by atoms with van der Waals surface area (Å²) in [5, 5.41) is 2.99. The van der Waals surface area contributed by atoms with Crippen molar-refractivity contribution in [2.45, 2.75) is 10.8 Å². The molecular weight excluding hydrogens is 202 g/mol. The maximum absolute atomic E-state index is 4.18. The number of thiazole rings is 1. The van der Waals surface area contributed by atoms with E-state index >= 15 is 0 Å². The van der Waals surface area contributed by atoms with Crippen molar-refractivity contribution in [3.8, 4) is 0 Å². The first-order chi connectivity index (χ1) is 6.45. The lowest BCUT2D eigenvalue weighted by atomic mass is 10.6. The molecule has 2 aromatic rings. The fourth-order valence-electron chi connectivity index (χ4n) is 0.817. The van der Waals surface area contributed by atoms with Gasteiger partial charge in [0.1, 0.15) is 5.03 Å². The number of hydrogen-bond acceptors (Lipinski definition) is 5. The Bertz CT molecular complexity index is 347. The van der Waals surface area contributed by atoms with E-state index in [1.165, 1.54) is 0 Å². The van der Waals surface area contributed by atoms with Gasteiger partial charge in [0.25, 0.3) is 0 Å². The predicted octanol–water partition coefficient (Wildman–Crippen LogP) is 2.23. The minimum atomic E-state index is 0.863. The van der Waals surface area contributed by atoms with Gasteiger partial charge in [0, 0.05) is 23.5 Å². The van der Waals surface area contributed by atoms with Crippen LogP contribution >= 0.6 is 23.1 Å². The summed E-state index contributed by atoms with van der Waals surface area (Å²) in [7, 11) is 0. The van der Waals surface area contributed by atoms with E-state index in [2.05, 4.69) is 15.0 Å². The second-order valence-corrected chi connectivity index (χ2v) is 4.03. The summed E-state index contributed by atoms with van der Waals surface area (Å²) >= 11 is 3.26. The van der Waals surface area contributed by atoms with Gasteiger partial charge in [-0.1, -0.05) is 11.8 Å². The molecule has 13 heavy (non-hydrogen) atoms. The van der Waals surface area contributed by atoms with Gasteiger partial charge in [0.15, 0.2) is 0 Å². The van der Waals surface area contributed by atoms with Crippen LogP contribution in [0.2, 0.25) is 0 Å². The van der Waals surface area contributed by atoms with Gasteiger partial charge in [0.2, 0.25) is 0 Å². The molecule has 0 aliphatic heterocycles. The Morgan fingerprint density at radius 2 is 2.31 bits per heavy atom. The third-order valence-electron chi connectivity index (χ3n) is 1.39. The fraction of sp³-hybridized carbons (Fsp3) is 0.125. The Morgan fingerprint density at radius 3 is 3.00 bits per heavy atom. The van der Waals surface area contributed by atoms with Crippen LogP contribution in [0.3, 0.4) is 0 Å². The van der Waals surface area contributed by atoms with E-state index in [1.54, 1.807) is 41.7 Å². The van der Waals surface area contributed by atoms with Crippen LogP contribution in [-0.4, -0.2) is 15.0 Å². The zero-order valence-electron chi connectivity index (χ0n) is 6.75. The van der Waals surface area contributed by atoms with Crippen LogP contribution in [0.4, 0.5) is 0 Å². The molecule has 0 aromatic carbocycles. The predicted molar refractivity (Wildman–Crippen MR) is 53.7 cm³/mol. The molecule has 0 N–H and O–H groups in total. The summed E-state index contributed by atoms with van der Waals surface area (Å²) in [6.07, 6.45) is 5.13. The molecule has 0 saturated heterocycles. The van der Waals surface area contributed by atoms with Crippen LogP contribution in [0, 0.1) is 0 Å². The Kier molecular flexibility index (Phi) is 2.89. The SMILES string of the molecule is c1cnc(SCc2cscn2)cn1. The Hall–Kier alpha value is -0.940. The second kappa shape index (κ2) is 4.34. The summed E-state index contributed by atoms with van der Waals surface area (Å²) in [6.45, 7) is 0. The molecule has 0 radical (unpaired) electrons. The molecule has 0 unspecified atom stereocenters. The molecule has 2 aromatic heterocycles. The average Bonchev–Trinajstić information content (AvgIpc) is 2.69. The number of nitrogens with zero attached hydrogens (tertiary/aromatic N) is 3. The van der Waals surface area contributed by atoms with E-state index in [0.717, 1.165) is 16.5 Å². The molecule has 0 amide bonds. The summed E-state index contributed by atoms with van der Waals surface area (Å²) in [5.74, 6) is 0.863. The van der Waals surface area contributed by atoms with Crippen molar-refractivity contribution in [3.05, 3.63) is 35.2 Å². The zero-order valence-corrected chi connectivity index (χ0v) is 8.38. The number of aromatic nitrogens is 3. The normalized spacial score (nSPS) is 10.2. The van der Waals surface area contributed by atoms with Crippen LogP contribution in [0.15, 0.2) is 34.5 Å². The van der Waals surface area contributed by atoms with Gasteiger partial charge in [-0.25, -0.2) is 9.97 Å². The molecule has 0 aliphatic rings. The molecule has 0 spiro atoms. The van der Waals surface area contributed by atoms with Crippen LogP contribution in [0.25, 0.3) is 0 Å². The standard InChI is InChI=1S/C8H7N3S2/c1-2-10-8(3-9-1)13-5-7-4-12-6-11-7/h1-4,6H,5H2. The van der Waals surface area contributed by atoms with Crippen molar-refractivity contribution in [1.29, 1.82) is 0 Å². The van der Waals surface area contributed by atoms with Crippen molar-refractivity contribution in [2.24, 2.45) is 0 Å². The highest BCUT2D eigenvalue weighted by Gasteiger charge is 1.97. The first kappa shape index (κ1) is 8.65. The number of hydrogen-bond donors (Lipinski definition) is 0. The first-order valence-corrected chi connectivity index (χ1v) is 5.64. The molecule has 2 heterocycles. The fourth-order valence-corrected chi connectivity index (χ4v) is 2.20. The van der Waals surface area contributed by atoms with E-state index in [1.807, 2.05) is 10.9 Å². The molecule has 2 rings (SSSR count). The quantitative estimate of drug-likeness (QED) is 0.727. The van der Waals surface area contributed by atoms with Crippen molar-refractivity contribution in [2.75, 3.05) is 0 Å². The van der Waals surface area contributed by atoms with Crippen molar-refractivity contribution in [3.63, 3.8) is 0 Å². The van der Waals surface area contributed by atoms with Crippen molar-refractivity contribution >= 4 is 23.1 Å². The van der Waals surface area contributed by atoms with Crippen LogP contribution < -0.4 is 0 Å². The highest BCUT2D eigenvalue weighted by Crippen LogP contribution is 2.18. The Labute approximate surface area is 84.3 Å². The zero-order chi connectivity index (χ0) is 8.93. The minimum Gasteiger partial charge on any atom is -0.260 e. The monoisotopic (exact) mass is 209 g/mol. The highest BCUT2D eigenvalue weighted by molar-refractivity contribution is 7.98. The lowest BCUT2D eigenvalue weighted by molar-refractivity contribution is 1.05. The average molecular weight is 209 g/mol. The summed E-state index contributed by atoms with van der Waals surface area (Å²) < 4.78 is 0. The Balaban J connectivity index is 1.94.